The monoisotopic (exact) mass is 398 g/mol. The summed E-state index contributed by atoms with van der Waals surface area (Å²) in [6.45, 7) is 3.60. The molecule has 1 heterocycles. The van der Waals surface area contributed by atoms with Crippen LogP contribution >= 0.6 is 22.6 Å². The van der Waals surface area contributed by atoms with Gasteiger partial charge >= 0.3 is 0 Å². The van der Waals surface area contributed by atoms with Crippen LogP contribution in [0.25, 0.3) is 0 Å². The number of hydrogen-bond acceptors (Lipinski definition) is 4. The van der Waals surface area contributed by atoms with E-state index in [9.17, 15) is 9.59 Å². The second kappa shape index (κ2) is 6.38. The van der Waals surface area contributed by atoms with Gasteiger partial charge in [-0.1, -0.05) is 0 Å². The summed E-state index contributed by atoms with van der Waals surface area (Å²) >= 11 is 1.96. The van der Waals surface area contributed by atoms with Crippen molar-refractivity contribution in [1.82, 2.24) is 9.55 Å². The Hall–Kier alpha value is -1.70. The van der Waals surface area contributed by atoms with Crippen molar-refractivity contribution in [3.63, 3.8) is 0 Å². The van der Waals surface area contributed by atoms with Crippen molar-refractivity contribution in [3.8, 4) is 5.75 Å². The second-order valence-corrected chi connectivity index (χ2v) is 5.79. The molecule has 2 rings (SSSR count). The predicted octanol–water partition coefficient (Wildman–Crippen LogP) is 2.42. The average molecular weight is 398 g/mol. The first-order valence-corrected chi connectivity index (χ1v) is 7.41. The number of benzene rings is 1. The Morgan fingerprint density at radius 1 is 1.43 bits per heavy atom. The van der Waals surface area contributed by atoms with Crippen LogP contribution in [0.1, 0.15) is 28.7 Å². The van der Waals surface area contributed by atoms with Crippen LogP contribution in [0.4, 0.5) is 0 Å². The minimum absolute atomic E-state index is 0.0243. The van der Waals surface area contributed by atoms with Crippen molar-refractivity contribution in [3.05, 3.63) is 55.3 Å². The molecule has 0 spiro atoms. The van der Waals surface area contributed by atoms with Crippen LogP contribution in [0.2, 0.25) is 0 Å². The number of aromatic nitrogens is 2. The highest BCUT2D eigenvalue weighted by atomic mass is 127. The molecule has 0 saturated carbocycles. The van der Waals surface area contributed by atoms with Crippen molar-refractivity contribution in [2.75, 3.05) is 7.11 Å². The van der Waals surface area contributed by atoms with Crippen molar-refractivity contribution >= 4 is 28.4 Å². The van der Waals surface area contributed by atoms with Crippen molar-refractivity contribution in [2.45, 2.75) is 20.4 Å². The molecule has 0 N–H and O–H groups in total. The fourth-order valence-corrected chi connectivity index (χ4v) is 2.46. The topological polar surface area (TPSA) is 61.2 Å². The molecule has 6 heteroatoms. The summed E-state index contributed by atoms with van der Waals surface area (Å²) in [6.07, 6.45) is 1.55. The summed E-state index contributed by atoms with van der Waals surface area (Å²) in [6, 6.07) is 5.22. The molecule has 0 amide bonds. The number of methoxy groups -OCH3 is 1. The molecule has 0 atom stereocenters. The number of Topliss-reactive ketones (excluding diaryl/α,β-unsaturated/α-hetero) is 1. The van der Waals surface area contributed by atoms with E-state index in [1.165, 1.54) is 6.92 Å². The number of carbonyl (C=O) groups excluding carboxylic acids is 1. The lowest BCUT2D eigenvalue weighted by atomic mass is 10.1. The van der Waals surface area contributed by atoms with Crippen LogP contribution in [0.3, 0.4) is 0 Å². The zero-order chi connectivity index (χ0) is 15.6. The van der Waals surface area contributed by atoms with Crippen LogP contribution in [-0.4, -0.2) is 22.4 Å². The maximum Gasteiger partial charge on any atom is 0.267 e. The molecule has 1 aromatic carbocycles. The number of carbonyl (C=O) groups is 1. The fraction of sp³-hybridized carbons (Fsp3) is 0.267. The van der Waals surface area contributed by atoms with Gasteiger partial charge in [0, 0.05) is 17.3 Å². The summed E-state index contributed by atoms with van der Waals surface area (Å²) in [7, 11) is 1.56. The SMILES string of the molecule is COc1ccc(C(C)=O)cc1Cn1c(C)ncc(I)c1=O. The van der Waals surface area contributed by atoms with Gasteiger partial charge in [0.05, 0.1) is 17.2 Å². The van der Waals surface area contributed by atoms with Gasteiger partial charge in [-0.25, -0.2) is 4.98 Å². The largest absolute Gasteiger partial charge is 0.496 e. The third kappa shape index (κ3) is 3.31. The molecule has 0 fully saturated rings. The zero-order valence-electron chi connectivity index (χ0n) is 12.0. The van der Waals surface area contributed by atoms with Gasteiger partial charge in [0.25, 0.3) is 5.56 Å². The van der Waals surface area contributed by atoms with Crippen molar-refractivity contribution in [1.29, 1.82) is 0 Å². The van der Waals surface area contributed by atoms with Crippen LogP contribution in [0.5, 0.6) is 5.75 Å². The number of hydrogen-bond donors (Lipinski definition) is 0. The molecule has 0 radical (unpaired) electrons. The number of ketones is 1. The Morgan fingerprint density at radius 2 is 2.14 bits per heavy atom. The van der Waals surface area contributed by atoms with Gasteiger partial charge in [0.1, 0.15) is 11.6 Å². The first-order valence-electron chi connectivity index (χ1n) is 6.34. The maximum absolute atomic E-state index is 12.2. The van der Waals surface area contributed by atoms with Crippen LogP contribution < -0.4 is 10.3 Å². The standard InChI is InChI=1S/C15H15IN2O3/c1-9(19)11-4-5-14(21-3)12(6-11)8-18-10(2)17-7-13(16)15(18)20/h4-7H,8H2,1-3H3. The molecule has 21 heavy (non-hydrogen) atoms. The second-order valence-electron chi connectivity index (χ2n) is 4.63. The molecule has 0 aliphatic heterocycles. The Bertz CT molecular complexity index is 753. The minimum atomic E-state index is -0.0987. The summed E-state index contributed by atoms with van der Waals surface area (Å²) in [5.74, 6) is 1.24. The van der Waals surface area contributed by atoms with Gasteiger partial charge in [-0.05, 0) is 54.6 Å². The Kier molecular flexibility index (Phi) is 4.76. The molecular formula is C15H15IN2O3. The van der Waals surface area contributed by atoms with E-state index in [1.807, 2.05) is 22.6 Å². The quantitative estimate of drug-likeness (QED) is 0.587. The van der Waals surface area contributed by atoms with E-state index in [0.29, 0.717) is 27.3 Å². The molecule has 0 unspecified atom stereocenters. The lowest BCUT2D eigenvalue weighted by Gasteiger charge is -2.13. The summed E-state index contributed by atoms with van der Waals surface area (Å²) in [5.41, 5.74) is 1.27. The van der Waals surface area contributed by atoms with E-state index in [0.717, 1.165) is 5.56 Å². The van der Waals surface area contributed by atoms with E-state index >= 15 is 0 Å². The van der Waals surface area contributed by atoms with E-state index in [1.54, 1.807) is 43.0 Å². The molecule has 2 aromatic rings. The molecule has 5 nitrogen and oxygen atoms in total. The highest BCUT2D eigenvalue weighted by Gasteiger charge is 2.11. The van der Waals surface area contributed by atoms with Gasteiger partial charge in [-0.15, -0.1) is 0 Å². The third-order valence-corrected chi connectivity index (χ3v) is 3.96. The number of nitrogens with zero attached hydrogens (tertiary/aromatic N) is 2. The maximum atomic E-state index is 12.2. The zero-order valence-corrected chi connectivity index (χ0v) is 14.2. The Balaban J connectivity index is 2.53. The summed E-state index contributed by atoms with van der Waals surface area (Å²) < 4.78 is 7.44. The smallest absolute Gasteiger partial charge is 0.267 e. The van der Waals surface area contributed by atoms with Gasteiger partial charge in [-0.3, -0.25) is 14.2 Å². The van der Waals surface area contributed by atoms with Crippen molar-refractivity contribution < 1.29 is 9.53 Å². The third-order valence-electron chi connectivity index (χ3n) is 3.22. The molecule has 0 aliphatic carbocycles. The number of rotatable bonds is 4. The minimum Gasteiger partial charge on any atom is -0.496 e. The van der Waals surface area contributed by atoms with E-state index in [4.69, 9.17) is 4.74 Å². The normalized spacial score (nSPS) is 10.5. The Morgan fingerprint density at radius 3 is 2.76 bits per heavy atom. The summed E-state index contributed by atoms with van der Waals surface area (Å²) in [4.78, 5) is 27.9. The van der Waals surface area contributed by atoms with Gasteiger partial charge in [0.2, 0.25) is 0 Å². The average Bonchev–Trinajstić information content (AvgIpc) is 2.47. The lowest BCUT2D eigenvalue weighted by molar-refractivity contribution is 0.101. The number of ether oxygens (including phenoxy) is 1. The highest BCUT2D eigenvalue weighted by molar-refractivity contribution is 14.1. The lowest BCUT2D eigenvalue weighted by Crippen LogP contribution is -2.26. The fourth-order valence-electron chi connectivity index (χ4n) is 2.03. The van der Waals surface area contributed by atoms with Crippen LogP contribution in [-0.2, 0) is 6.54 Å². The highest BCUT2D eigenvalue weighted by Crippen LogP contribution is 2.21. The van der Waals surface area contributed by atoms with E-state index in [2.05, 4.69) is 4.98 Å². The molecular weight excluding hydrogens is 383 g/mol. The van der Waals surface area contributed by atoms with Crippen LogP contribution in [0.15, 0.2) is 29.2 Å². The molecule has 0 saturated heterocycles. The number of aryl methyl sites for hydroxylation is 1. The predicted molar refractivity (Wildman–Crippen MR) is 88.1 cm³/mol. The Labute approximate surface area is 136 Å². The van der Waals surface area contributed by atoms with Crippen LogP contribution in [0, 0.1) is 10.5 Å². The van der Waals surface area contributed by atoms with Gasteiger partial charge in [0.15, 0.2) is 5.78 Å². The first kappa shape index (κ1) is 15.7. The van der Waals surface area contributed by atoms with E-state index in [-0.39, 0.29) is 11.3 Å². The molecule has 110 valence electrons. The summed E-state index contributed by atoms with van der Waals surface area (Å²) in [5, 5.41) is 0. The van der Waals surface area contributed by atoms with E-state index < -0.39 is 0 Å². The molecule has 1 aromatic heterocycles. The van der Waals surface area contributed by atoms with Gasteiger partial charge < -0.3 is 4.74 Å². The molecule has 0 aliphatic rings. The molecule has 0 bridgehead atoms. The number of halogens is 1. The first-order chi connectivity index (χ1) is 9.93. The van der Waals surface area contributed by atoms with Crippen molar-refractivity contribution in [2.24, 2.45) is 0 Å². The van der Waals surface area contributed by atoms with Gasteiger partial charge in [-0.2, -0.15) is 0 Å².